The molecule has 8 nitrogen and oxygen atoms in total. The second kappa shape index (κ2) is 5.28. The predicted octanol–water partition coefficient (Wildman–Crippen LogP) is -0.761. The third-order valence-electron chi connectivity index (χ3n) is 4.03. The molecule has 0 unspecified atom stereocenters. The number of ether oxygens (including phenoxy) is 1. The number of rotatable bonds is 2. The molecule has 0 saturated carbocycles. The van der Waals surface area contributed by atoms with Crippen molar-refractivity contribution < 1.29 is 14.9 Å². The summed E-state index contributed by atoms with van der Waals surface area (Å²) in [4.78, 5) is 12.9. The number of nitrogens with zero attached hydrogens (tertiary/aromatic N) is 5. The molecule has 1 saturated heterocycles. The highest BCUT2D eigenvalue weighted by Crippen LogP contribution is 2.35. The van der Waals surface area contributed by atoms with Crippen molar-refractivity contribution in [1.82, 2.24) is 14.5 Å². The Morgan fingerprint density at radius 2 is 2.19 bits per heavy atom. The van der Waals surface area contributed by atoms with Crippen LogP contribution >= 0.6 is 0 Å². The molecule has 3 heterocycles. The first kappa shape index (κ1) is 14.3. The van der Waals surface area contributed by atoms with Crippen LogP contribution < -0.4 is 4.90 Å². The summed E-state index contributed by atoms with van der Waals surface area (Å²) in [5, 5.41) is 19.1. The van der Waals surface area contributed by atoms with E-state index in [0.29, 0.717) is 13.1 Å². The average Bonchev–Trinajstić information content (AvgIpc) is 3.02. The largest absolute Gasteiger partial charge is 0.394 e. The van der Waals surface area contributed by atoms with Gasteiger partial charge in [-0.05, 0) is 0 Å². The molecule has 3 atom stereocenters. The Labute approximate surface area is 123 Å². The highest BCUT2D eigenvalue weighted by atomic mass is 16.5. The number of aliphatic hydroxyl groups excluding tert-OH is 2. The van der Waals surface area contributed by atoms with Crippen molar-refractivity contribution >= 4 is 11.7 Å². The number of aliphatic hydroxyl groups is 2. The topological polar surface area (TPSA) is 86.3 Å². The molecule has 2 aliphatic heterocycles. The molecule has 0 amide bonds. The van der Waals surface area contributed by atoms with E-state index in [9.17, 15) is 10.2 Å². The molecule has 1 aromatic heterocycles. The monoisotopic (exact) mass is 295 g/mol. The second-order valence-electron chi connectivity index (χ2n) is 5.52. The lowest BCUT2D eigenvalue weighted by Crippen LogP contribution is -2.44. The molecule has 116 valence electrons. The van der Waals surface area contributed by atoms with Gasteiger partial charge in [0.05, 0.1) is 25.7 Å². The number of aliphatic imine (C=N–C) groups is 1. The van der Waals surface area contributed by atoms with Gasteiger partial charge >= 0.3 is 0 Å². The fraction of sp³-hybridized carbons (Fsp3) is 0.692. The smallest absolute Gasteiger partial charge is 0.154 e. The summed E-state index contributed by atoms with van der Waals surface area (Å²) < 4.78 is 7.63. The van der Waals surface area contributed by atoms with E-state index in [-0.39, 0.29) is 12.8 Å². The number of amidine groups is 1. The van der Waals surface area contributed by atoms with Crippen LogP contribution in [0.25, 0.3) is 0 Å². The van der Waals surface area contributed by atoms with Gasteiger partial charge in [-0.1, -0.05) is 0 Å². The standard InChI is InChI=1S/C13H21N5O3/c1-14-12-11-13(17(3)7-16(12)2)18(6-15-11)10-4-8(20)9(5-19)21-10/h6,8-10,19-20H,4-5,7H2,1-3H3/t8-,9+,10+/m0/s1. The molecule has 1 fully saturated rings. The number of hydrogen-bond donors (Lipinski definition) is 2. The van der Waals surface area contributed by atoms with Gasteiger partial charge < -0.3 is 24.7 Å². The highest BCUT2D eigenvalue weighted by Gasteiger charge is 2.38. The van der Waals surface area contributed by atoms with Gasteiger partial charge in [0.2, 0.25) is 0 Å². The molecular formula is C13H21N5O3. The van der Waals surface area contributed by atoms with Gasteiger partial charge in [0.15, 0.2) is 5.84 Å². The van der Waals surface area contributed by atoms with Crippen molar-refractivity contribution in [2.75, 3.05) is 39.3 Å². The number of hydrogen-bond acceptors (Lipinski definition) is 6. The van der Waals surface area contributed by atoms with E-state index in [1.807, 2.05) is 23.6 Å². The van der Waals surface area contributed by atoms with Crippen LogP contribution in [-0.4, -0.2) is 77.1 Å². The van der Waals surface area contributed by atoms with Crippen molar-refractivity contribution in [3.63, 3.8) is 0 Å². The highest BCUT2D eigenvalue weighted by molar-refractivity contribution is 6.02. The van der Waals surface area contributed by atoms with Crippen molar-refractivity contribution in [2.24, 2.45) is 4.99 Å². The quantitative estimate of drug-likeness (QED) is 0.746. The van der Waals surface area contributed by atoms with Crippen molar-refractivity contribution in [3.8, 4) is 0 Å². The summed E-state index contributed by atoms with van der Waals surface area (Å²) in [5.74, 6) is 1.75. The molecule has 0 bridgehead atoms. The van der Waals surface area contributed by atoms with Crippen LogP contribution in [0.2, 0.25) is 0 Å². The molecule has 3 rings (SSSR count). The van der Waals surface area contributed by atoms with Crippen LogP contribution in [0.4, 0.5) is 5.82 Å². The number of aromatic nitrogens is 2. The molecule has 0 aliphatic carbocycles. The minimum absolute atomic E-state index is 0.186. The lowest BCUT2D eigenvalue weighted by atomic mass is 10.2. The minimum atomic E-state index is -0.658. The minimum Gasteiger partial charge on any atom is -0.394 e. The zero-order chi connectivity index (χ0) is 15.1. The van der Waals surface area contributed by atoms with E-state index < -0.39 is 12.2 Å². The fourth-order valence-corrected chi connectivity index (χ4v) is 3.06. The van der Waals surface area contributed by atoms with Gasteiger partial charge in [0, 0.05) is 27.6 Å². The zero-order valence-electron chi connectivity index (χ0n) is 12.5. The Kier molecular flexibility index (Phi) is 3.60. The molecule has 0 radical (unpaired) electrons. The summed E-state index contributed by atoms with van der Waals surface area (Å²) in [6, 6.07) is 0. The van der Waals surface area contributed by atoms with Gasteiger partial charge in [-0.2, -0.15) is 0 Å². The van der Waals surface area contributed by atoms with Crippen LogP contribution in [0.5, 0.6) is 0 Å². The summed E-state index contributed by atoms with van der Waals surface area (Å²) in [6.07, 6.45) is 0.633. The number of imidazole rings is 1. The molecule has 21 heavy (non-hydrogen) atoms. The predicted molar refractivity (Wildman–Crippen MR) is 77.3 cm³/mol. The van der Waals surface area contributed by atoms with E-state index >= 15 is 0 Å². The first-order valence-electron chi connectivity index (χ1n) is 6.97. The summed E-state index contributed by atoms with van der Waals surface area (Å²) in [6.45, 7) is 0.513. The van der Waals surface area contributed by atoms with Gasteiger partial charge in [0.1, 0.15) is 23.8 Å². The maximum absolute atomic E-state index is 9.90. The lowest BCUT2D eigenvalue weighted by molar-refractivity contribution is -0.0439. The van der Waals surface area contributed by atoms with E-state index in [1.165, 1.54) is 0 Å². The van der Waals surface area contributed by atoms with Gasteiger partial charge in [-0.25, -0.2) is 4.98 Å². The summed E-state index contributed by atoms with van der Waals surface area (Å²) in [7, 11) is 5.70. The van der Waals surface area contributed by atoms with Gasteiger partial charge in [0.25, 0.3) is 0 Å². The zero-order valence-corrected chi connectivity index (χ0v) is 12.5. The Hall–Kier alpha value is -1.64. The third-order valence-corrected chi connectivity index (χ3v) is 4.03. The summed E-state index contributed by atoms with van der Waals surface area (Å²) in [5.41, 5.74) is 0.805. The van der Waals surface area contributed by atoms with Crippen LogP contribution in [0.3, 0.4) is 0 Å². The maximum atomic E-state index is 9.90. The van der Waals surface area contributed by atoms with E-state index in [0.717, 1.165) is 17.3 Å². The first-order chi connectivity index (χ1) is 10.1. The Morgan fingerprint density at radius 1 is 1.43 bits per heavy atom. The van der Waals surface area contributed by atoms with Crippen molar-refractivity contribution in [1.29, 1.82) is 0 Å². The van der Waals surface area contributed by atoms with E-state index in [2.05, 4.69) is 14.9 Å². The molecule has 0 spiro atoms. The van der Waals surface area contributed by atoms with E-state index in [4.69, 9.17) is 4.74 Å². The maximum Gasteiger partial charge on any atom is 0.154 e. The van der Waals surface area contributed by atoms with Crippen molar-refractivity contribution in [3.05, 3.63) is 12.0 Å². The molecule has 1 aromatic rings. The van der Waals surface area contributed by atoms with Crippen LogP contribution in [-0.2, 0) is 4.74 Å². The molecular weight excluding hydrogens is 274 g/mol. The Bertz CT molecular complexity index is 558. The number of anilines is 1. The van der Waals surface area contributed by atoms with Crippen LogP contribution in [0.15, 0.2) is 11.3 Å². The molecule has 8 heteroatoms. The van der Waals surface area contributed by atoms with Gasteiger partial charge in [-0.3, -0.25) is 9.56 Å². The van der Waals surface area contributed by atoms with Crippen LogP contribution in [0, 0.1) is 0 Å². The lowest BCUT2D eigenvalue weighted by Gasteiger charge is -2.34. The Balaban J connectivity index is 1.97. The van der Waals surface area contributed by atoms with Crippen LogP contribution in [0.1, 0.15) is 18.3 Å². The first-order valence-corrected chi connectivity index (χ1v) is 6.97. The fourth-order valence-electron chi connectivity index (χ4n) is 3.06. The normalized spacial score (nSPS) is 31.1. The second-order valence-corrected chi connectivity index (χ2v) is 5.52. The molecule has 0 aromatic carbocycles. The Morgan fingerprint density at radius 3 is 2.81 bits per heavy atom. The van der Waals surface area contributed by atoms with Crippen molar-refractivity contribution in [2.45, 2.75) is 24.9 Å². The summed E-state index contributed by atoms with van der Waals surface area (Å²) >= 11 is 0. The number of fused-ring (bicyclic) bond motifs is 1. The molecule has 2 N–H and O–H groups in total. The third kappa shape index (κ3) is 2.19. The molecule has 2 aliphatic rings. The van der Waals surface area contributed by atoms with Gasteiger partial charge in [-0.15, -0.1) is 0 Å². The SMILES string of the molecule is CN=C1c2ncn([C@H]3C[C@H](O)[C@@H](CO)O3)c2N(C)CN1C. The average molecular weight is 295 g/mol. The van der Waals surface area contributed by atoms with E-state index in [1.54, 1.807) is 13.4 Å².